The van der Waals surface area contributed by atoms with Crippen molar-refractivity contribution in [2.75, 3.05) is 18.5 Å². The van der Waals surface area contributed by atoms with Crippen LogP contribution in [0.3, 0.4) is 0 Å². The molecule has 0 saturated carbocycles. The highest BCUT2D eigenvalue weighted by molar-refractivity contribution is 5.90. The SMILES string of the molecule is O=C(CCC(F)(F)F)Nc1ccc(OCC2CCCO2)cc1. The van der Waals surface area contributed by atoms with Gasteiger partial charge in [0.2, 0.25) is 5.91 Å². The molecule has 1 aliphatic heterocycles. The molecule has 1 fully saturated rings. The van der Waals surface area contributed by atoms with Gasteiger partial charge in [0.15, 0.2) is 0 Å². The maximum Gasteiger partial charge on any atom is 0.389 e. The molecule has 2 rings (SSSR count). The molecule has 1 N–H and O–H groups in total. The summed E-state index contributed by atoms with van der Waals surface area (Å²) < 4.78 is 47.0. The molecular formula is C15H18F3NO3. The highest BCUT2D eigenvalue weighted by atomic mass is 19.4. The van der Waals surface area contributed by atoms with Crippen molar-refractivity contribution in [3.05, 3.63) is 24.3 Å². The summed E-state index contributed by atoms with van der Waals surface area (Å²) in [4.78, 5) is 11.4. The Morgan fingerprint density at radius 2 is 2.05 bits per heavy atom. The molecule has 1 heterocycles. The van der Waals surface area contributed by atoms with E-state index in [4.69, 9.17) is 9.47 Å². The van der Waals surface area contributed by atoms with E-state index in [1.165, 1.54) is 0 Å². The lowest BCUT2D eigenvalue weighted by Crippen LogP contribution is -2.17. The summed E-state index contributed by atoms with van der Waals surface area (Å²) in [7, 11) is 0. The molecule has 0 radical (unpaired) electrons. The van der Waals surface area contributed by atoms with Gasteiger partial charge in [-0.15, -0.1) is 0 Å². The van der Waals surface area contributed by atoms with E-state index < -0.39 is 24.9 Å². The first-order valence-corrected chi connectivity index (χ1v) is 7.13. The highest BCUT2D eigenvalue weighted by Gasteiger charge is 2.27. The van der Waals surface area contributed by atoms with E-state index in [2.05, 4.69) is 5.32 Å². The number of ether oxygens (including phenoxy) is 2. The van der Waals surface area contributed by atoms with Crippen molar-refractivity contribution in [3.63, 3.8) is 0 Å². The van der Waals surface area contributed by atoms with Gasteiger partial charge in [0.1, 0.15) is 12.4 Å². The summed E-state index contributed by atoms with van der Waals surface area (Å²) in [5.41, 5.74) is 0.441. The Hall–Kier alpha value is -1.76. The van der Waals surface area contributed by atoms with Gasteiger partial charge in [-0.1, -0.05) is 0 Å². The van der Waals surface area contributed by atoms with Crippen LogP contribution in [-0.4, -0.2) is 31.4 Å². The van der Waals surface area contributed by atoms with E-state index in [1.54, 1.807) is 24.3 Å². The minimum atomic E-state index is -4.32. The lowest BCUT2D eigenvalue weighted by molar-refractivity contribution is -0.142. The van der Waals surface area contributed by atoms with Gasteiger partial charge in [0.05, 0.1) is 12.5 Å². The predicted octanol–water partition coefficient (Wildman–Crippen LogP) is 3.53. The molecule has 0 bridgehead atoms. The Morgan fingerprint density at radius 1 is 1.32 bits per heavy atom. The molecule has 0 aliphatic carbocycles. The van der Waals surface area contributed by atoms with Gasteiger partial charge in [-0.3, -0.25) is 4.79 Å². The molecule has 1 saturated heterocycles. The first-order valence-electron chi connectivity index (χ1n) is 7.13. The average molecular weight is 317 g/mol. The van der Waals surface area contributed by atoms with Gasteiger partial charge < -0.3 is 14.8 Å². The summed E-state index contributed by atoms with van der Waals surface area (Å²) in [5.74, 6) is -0.0332. The second-order valence-electron chi connectivity index (χ2n) is 5.13. The van der Waals surface area contributed by atoms with E-state index >= 15 is 0 Å². The maximum absolute atomic E-state index is 12.0. The van der Waals surface area contributed by atoms with Gasteiger partial charge in [0.25, 0.3) is 0 Å². The maximum atomic E-state index is 12.0. The molecule has 0 aromatic heterocycles. The summed E-state index contributed by atoms with van der Waals surface area (Å²) in [6.45, 7) is 1.23. The van der Waals surface area contributed by atoms with Gasteiger partial charge in [-0.25, -0.2) is 0 Å². The summed E-state index contributed by atoms with van der Waals surface area (Å²) >= 11 is 0. The Balaban J connectivity index is 1.74. The second kappa shape index (κ2) is 7.49. The monoisotopic (exact) mass is 317 g/mol. The zero-order valence-corrected chi connectivity index (χ0v) is 12.0. The number of benzene rings is 1. The van der Waals surface area contributed by atoms with Crippen molar-refractivity contribution in [2.24, 2.45) is 0 Å². The van der Waals surface area contributed by atoms with Gasteiger partial charge in [0, 0.05) is 18.7 Å². The number of carbonyl (C=O) groups is 1. The quantitative estimate of drug-likeness (QED) is 0.873. The lowest BCUT2D eigenvalue weighted by Gasteiger charge is -2.12. The van der Waals surface area contributed by atoms with Crippen molar-refractivity contribution in [3.8, 4) is 5.75 Å². The highest BCUT2D eigenvalue weighted by Crippen LogP contribution is 2.22. The zero-order valence-electron chi connectivity index (χ0n) is 12.0. The fourth-order valence-electron chi connectivity index (χ4n) is 2.08. The number of amides is 1. The molecule has 1 aromatic carbocycles. The fourth-order valence-corrected chi connectivity index (χ4v) is 2.08. The minimum absolute atomic E-state index is 0.113. The van der Waals surface area contributed by atoms with E-state index in [-0.39, 0.29) is 6.10 Å². The van der Waals surface area contributed by atoms with Crippen LogP contribution in [0.4, 0.5) is 18.9 Å². The molecule has 22 heavy (non-hydrogen) atoms. The van der Waals surface area contributed by atoms with Crippen LogP contribution in [0.15, 0.2) is 24.3 Å². The van der Waals surface area contributed by atoms with Gasteiger partial charge in [-0.05, 0) is 37.1 Å². The number of hydrogen-bond acceptors (Lipinski definition) is 3. The molecule has 0 spiro atoms. The van der Waals surface area contributed by atoms with Crippen molar-refractivity contribution >= 4 is 11.6 Å². The van der Waals surface area contributed by atoms with Gasteiger partial charge >= 0.3 is 6.18 Å². The number of carbonyl (C=O) groups excluding carboxylic acids is 1. The van der Waals surface area contributed by atoms with E-state index in [0.29, 0.717) is 18.0 Å². The Bertz CT molecular complexity index is 482. The van der Waals surface area contributed by atoms with Crippen LogP contribution in [-0.2, 0) is 9.53 Å². The summed E-state index contributed by atoms with van der Waals surface area (Å²) in [5, 5.41) is 2.42. The third kappa shape index (κ3) is 5.93. The summed E-state index contributed by atoms with van der Waals surface area (Å²) in [6.07, 6.45) is -3.90. The molecule has 7 heteroatoms. The predicted molar refractivity (Wildman–Crippen MR) is 74.8 cm³/mol. The van der Waals surface area contributed by atoms with Crippen LogP contribution < -0.4 is 10.1 Å². The molecule has 1 amide bonds. The van der Waals surface area contributed by atoms with Crippen molar-refractivity contribution in [2.45, 2.75) is 38.0 Å². The molecule has 1 aromatic rings. The molecule has 4 nitrogen and oxygen atoms in total. The Kier molecular flexibility index (Phi) is 5.65. The average Bonchev–Trinajstić information content (AvgIpc) is 2.97. The van der Waals surface area contributed by atoms with Crippen LogP contribution in [0.25, 0.3) is 0 Å². The van der Waals surface area contributed by atoms with E-state index in [1.807, 2.05) is 0 Å². The normalized spacial score (nSPS) is 18.2. The standard InChI is InChI=1S/C15H18F3NO3/c16-15(17,18)8-7-14(20)19-11-3-5-12(6-4-11)22-10-13-2-1-9-21-13/h3-6,13H,1-2,7-10H2,(H,19,20). The first-order chi connectivity index (χ1) is 10.4. The van der Waals surface area contributed by atoms with Crippen molar-refractivity contribution in [1.82, 2.24) is 0 Å². The molecule has 1 aliphatic rings. The topological polar surface area (TPSA) is 47.6 Å². The Morgan fingerprint density at radius 3 is 2.64 bits per heavy atom. The van der Waals surface area contributed by atoms with Gasteiger partial charge in [-0.2, -0.15) is 13.2 Å². The number of nitrogens with one attached hydrogen (secondary N) is 1. The summed E-state index contributed by atoms with van der Waals surface area (Å²) in [6, 6.07) is 6.51. The first kappa shape index (κ1) is 16.6. The van der Waals surface area contributed by atoms with Crippen LogP contribution in [0, 0.1) is 0 Å². The van der Waals surface area contributed by atoms with E-state index in [9.17, 15) is 18.0 Å². The number of hydrogen-bond donors (Lipinski definition) is 1. The number of alkyl halides is 3. The Labute approximate surface area is 126 Å². The molecule has 1 atom stereocenters. The van der Waals surface area contributed by atoms with E-state index in [0.717, 1.165) is 19.4 Å². The molecular weight excluding hydrogens is 299 g/mol. The fraction of sp³-hybridized carbons (Fsp3) is 0.533. The van der Waals surface area contributed by atoms with Crippen molar-refractivity contribution < 1.29 is 27.4 Å². The smallest absolute Gasteiger partial charge is 0.389 e. The third-order valence-electron chi connectivity index (χ3n) is 3.23. The zero-order chi connectivity index (χ0) is 16.0. The number of anilines is 1. The largest absolute Gasteiger partial charge is 0.491 e. The van der Waals surface area contributed by atoms with Crippen LogP contribution in [0.1, 0.15) is 25.7 Å². The number of halogens is 3. The second-order valence-corrected chi connectivity index (χ2v) is 5.13. The minimum Gasteiger partial charge on any atom is -0.491 e. The lowest BCUT2D eigenvalue weighted by atomic mass is 10.2. The van der Waals surface area contributed by atoms with Crippen molar-refractivity contribution in [1.29, 1.82) is 0 Å². The third-order valence-corrected chi connectivity index (χ3v) is 3.23. The van der Waals surface area contributed by atoms with Crippen LogP contribution in [0.5, 0.6) is 5.75 Å². The van der Waals surface area contributed by atoms with Crippen LogP contribution >= 0.6 is 0 Å². The van der Waals surface area contributed by atoms with Crippen LogP contribution in [0.2, 0.25) is 0 Å². The molecule has 122 valence electrons. The number of rotatable bonds is 6. The molecule has 1 unspecified atom stereocenters.